The lowest BCUT2D eigenvalue weighted by molar-refractivity contribution is -1.92. The van der Waals surface area contributed by atoms with E-state index in [-0.39, 0.29) is 5.56 Å². The lowest BCUT2D eigenvalue weighted by Crippen LogP contribution is -2.64. The molecule has 162 valence electrons. The molecule has 1 unspecified atom stereocenters. The molecule has 0 amide bonds. The van der Waals surface area contributed by atoms with Gasteiger partial charge in [0.15, 0.2) is 11.5 Å². The fourth-order valence-electron chi connectivity index (χ4n) is 3.35. The first-order chi connectivity index (χ1) is 14.7. The van der Waals surface area contributed by atoms with E-state index in [0.717, 1.165) is 10.2 Å². The second-order valence-corrected chi connectivity index (χ2v) is 8.60. The SMILES string of the molecule is COc1cc2c(cc1OC)C(C=Cc1nc3ccccc3s1)(O[Cl+3]([O-])([O-])[O-])OC(C)=C2. The van der Waals surface area contributed by atoms with Crippen molar-refractivity contribution >= 4 is 33.7 Å². The summed E-state index contributed by atoms with van der Waals surface area (Å²) in [6.45, 7) is 1.62. The average molecular weight is 464 g/mol. The van der Waals surface area contributed by atoms with E-state index in [1.165, 1.54) is 37.7 Å². The van der Waals surface area contributed by atoms with Crippen molar-refractivity contribution in [3.05, 3.63) is 64.4 Å². The highest BCUT2D eigenvalue weighted by molar-refractivity contribution is 7.19. The van der Waals surface area contributed by atoms with Gasteiger partial charge in [0, 0.05) is 6.08 Å². The molecule has 31 heavy (non-hydrogen) atoms. The molecule has 0 radical (unpaired) electrons. The number of thiazole rings is 1. The van der Waals surface area contributed by atoms with Gasteiger partial charge in [-0.1, -0.05) is 12.1 Å². The van der Waals surface area contributed by atoms with Crippen LogP contribution >= 0.6 is 11.3 Å². The number of nitrogens with zero attached hydrogens (tertiary/aromatic N) is 1. The Morgan fingerprint density at radius 3 is 2.48 bits per heavy atom. The summed E-state index contributed by atoms with van der Waals surface area (Å²) in [6, 6.07) is 10.7. The van der Waals surface area contributed by atoms with Crippen LogP contribution in [0.5, 0.6) is 11.5 Å². The van der Waals surface area contributed by atoms with Crippen LogP contribution < -0.4 is 23.5 Å². The predicted molar refractivity (Wildman–Crippen MR) is 106 cm³/mol. The summed E-state index contributed by atoms with van der Waals surface area (Å²) < 4.78 is 57.3. The zero-order valence-corrected chi connectivity index (χ0v) is 18.4. The van der Waals surface area contributed by atoms with Crippen LogP contribution in [0.3, 0.4) is 0 Å². The average Bonchev–Trinajstić information content (AvgIpc) is 3.13. The lowest BCUT2D eigenvalue weighted by Gasteiger charge is -2.32. The van der Waals surface area contributed by atoms with Gasteiger partial charge in [-0.15, -0.1) is 11.3 Å². The molecule has 10 heteroatoms. The minimum atomic E-state index is -4.84. The van der Waals surface area contributed by atoms with Gasteiger partial charge >= 0.3 is 5.79 Å². The van der Waals surface area contributed by atoms with Crippen molar-refractivity contribution in [2.24, 2.45) is 0 Å². The second-order valence-electron chi connectivity index (χ2n) is 6.63. The van der Waals surface area contributed by atoms with Crippen LogP contribution in [0.25, 0.3) is 22.4 Å². The van der Waals surface area contributed by atoms with Crippen LogP contribution in [0, 0.1) is 10.2 Å². The number of methoxy groups -OCH3 is 2. The fourth-order valence-corrected chi connectivity index (χ4v) is 4.67. The third-order valence-electron chi connectivity index (χ3n) is 4.57. The molecule has 0 bridgehead atoms. The first-order valence-electron chi connectivity index (χ1n) is 9.03. The Hall–Kier alpha value is -2.66. The maximum atomic E-state index is 11.6. The van der Waals surface area contributed by atoms with Gasteiger partial charge in [-0.05, 0) is 48.9 Å². The molecule has 0 saturated carbocycles. The Balaban J connectivity index is 1.87. The van der Waals surface area contributed by atoms with Crippen molar-refractivity contribution in [1.29, 1.82) is 0 Å². The van der Waals surface area contributed by atoms with Crippen LogP contribution in [0.15, 0.2) is 48.2 Å². The van der Waals surface area contributed by atoms with Gasteiger partial charge in [-0.3, -0.25) is 0 Å². The second kappa shape index (κ2) is 8.12. The molecule has 1 aliphatic heterocycles. The summed E-state index contributed by atoms with van der Waals surface area (Å²) in [5, 5.41) is 0.585. The topological polar surface area (TPSA) is 119 Å². The minimum absolute atomic E-state index is 0.264. The zero-order valence-electron chi connectivity index (χ0n) is 16.8. The number of ether oxygens (including phenoxy) is 3. The number of benzene rings is 2. The Bertz CT molecular complexity index is 1150. The summed E-state index contributed by atoms with van der Waals surface area (Å²) >= 11 is 1.40. The molecule has 4 rings (SSSR count). The molecule has 0 fully saturated rings. The maximum absolute atomic E-state index is 11.6. The van der Waals surface area contributed by atoms with Gasteiger partial charge < -0.3 is 14.2 Å². The quantitative estimate of drug-likeness (QED) is 0.539. The van der Waals surface area contributed by atoms with Gasteiger partial charge in [0.1, 0.15) is 9.30 Å². The standard InChI is InChI=1S/C21H18ClNO7S/c1-13-10-14-11-17(27-2)18(28-3)12-15(14)21(29-13,30-22(24,25)26)9-8-20-23-16-6-4-5-7-19(16)31-20/h4-12H,1-3H3. The largest absolute Gasteiger partial charge is 0.493 e. The highest BCUT2D eigenvalue weighted by Gasteiger charge is 2.52. The number of hydrogen-bond acceptors (Lipinski definition) is 9. The van der Waals surface area contributed by atoms with E-state index >= 15 is 0 Å². The number of fused-ring (bicyclic) bond motifs is 2. The minimum Gasteiger partial charge on any atom is -0.493 e. The van der Waals surface area contributed by atoms with E-state index in [9.17, 15) is 14.0 Å². The summed E-state index contributed by atoms with van der Waals surface area (Å²) in [7, 11) is -1.92. The van der Waals surface area contributed by atoms with Crippen molar-refractivity contribution in [3.63, 3.8) is 0 Å². The number of halogens is 1. The summed E-state index contributed by atoms with van der Waals surface area (Å²) in [5.41, 5.74) is 1.61. The molecule has 0 saturated heterocycles. The fraction of sp³-hybridized carbons (Fsp3) is 0.190. The number of para-hydroxylation sites is 1. The van der Waals surface area contributed by atoms with E-state index in [4.69, 9.17) is 18.5 Å². The number of hydrogen-bond donors (Lipinski definition) is 0. The van der Waals surface area contributed by atoms with Crippen molar-refractivity contribution < 1.29 is 42.7 Å². The van der Waals surface area contributed by atoms with Crippen molar-refractivity contribution in [1.82, 2.24) is 4.98 Å². The molecule has 1 aromatic heterocycles. The maximum Gasteiger partial charge on any atom is 0.408 e. The first kappa shape index (κ1) is 21.6. The highest BCUT2D eigenvalue weighted by Crippen LogP contribution is 2.45. The third kappa shape index (κ3) is 4.38. The molecular weight excluding hydrogens is 446 g/mol. The van der Waals surface area contributed by atoms with Crippen LogP contribution in [0.4, 0.5) is 0 Å². The molecule has 0 aliphatic carbocycles. The molecule has 0 N–H and O–H groups in total. The number of rotatable bonds is 6. The van der Waals surface area contributed by atoms with Gasteiger partial charge in [-0.25, -0.2) is 4.98 Å². The van der Waals surface area contributed by atoms with Crippen molar-refractivity contribution in [2.75, 3.05) is 14.2 Å². The molecule has 8 nitrogen and oxygen atoms in total. The highest BCUT2D eigenvalue weighted by atomic mass is 35.7. The smallest absolute Gasteiger partial charge is 0.408 e. The summed E-state index contributed by atoms with van der Waals surface area (Å²) in [4.78, 5) is 4.49. The van der Waals surface area contributed by atoms with E-state index in [1.807, 2.05) is 24.3 Å². The van der Waals surface area contributed by atoms with Crippen LogP contribution in [-0.4, -0.2) is 19.2 Å². The predicted octanol–water partition coefficient (Wildman–Crippen LogP) is 1.48. The van der Waals surface area contributed by atoms with Gasteiger partial charge in [0.05, 0.1) is 46.0 Å². The van der Waals surface area contributed by atoms with E-state index in [1.54, 1.807) is 25.1 Å². The molecule has 3 aromatic rings. The van der Waals surface area contributed by atoms with Crippen LogP contribution in [0.1, 0.15) is 23.1 Å². The Labute approximate surface area is 184 Å². The van der Waals surface area contributed by atoms with Crippen molar-refractivity contribution in [3.8, 4) is 11.5 Å². The first-order valence-corrected chi connectivity index (χ1v) is 11.1. The van der Waals surface area contributed by atoms with Gasteiger partial charge in [0.25, 0.3) is 0 Å². The van der Waals surface area contributed by atoms with Crippen molar-refractivity contribution in [2.45, 2.75) is 12.7 Å². The van der Waals surface area contributed by atoms with Gasteiger partial charge in [0.2, 0.25) is 0 Å². The summed E-state index contributed by atoms with van der Waals surface area (Å²) in [6.07, 6.45) is 4.59. The lowest BCUT2D eigenvalue weighted by atomic mass is 9.95. The molecule has 2 heterocycles. The monoisotopic (exact) mass is 463 g/mol. The summed E-state index contributed by atoms with van der Waals surface area (Å²) in [5.74, 6) is -0.960. The molecule has 0 spiro atoms. The molecule has 1 aliphatic rings. The van der Waals surface area contributed by atoms with Crippen LogP contribution in [-0.2, 0) is 14.8 Å². The molecule has 1 atom stereocenters. The molecular formula is C21H18ClNO7S. The van der Waals surface area contributed by atoms with Gasteiger partial charge in [-0.2, -0.15) is 14.0 Å². The Morgan fingerprint density at radius 1 is 1.10 bits per heavy atom. The molecule has 2 aromatic carbocycles. The third-order valence-corrected chi connectivity index (χ3v) is 5.99. The normalized spacial score (nSPS) is 18.6. The zero-order chi connectivity index (χ0) is 22.2. The van der Waals surface area contributed by atoms with Crippen LogP contribution in [0.2, 0.25) is 0 Å². The number of allylic oxidation sites excluding steroid dienone is 1. The van der Waals surface area contributed by atoms with E-state index < -0.39 is 16.0 Å². The van der Waals surface area contributed by atoms with E-state index in [0.29, 0.717) is 27.8 Å². The Morgan fingerprint density at radius 2 is 1.81 bits per heavy atom. The number of aromatic nitrogens is 1. The Kier molecular flexibility index (Phi) is 5.65. The van der Waals surface area contributed by atoms with E-state index in [2.05, 4.69) is 4.98 Å².